The highest BCUT2D eigenvalue weighted by Gasteiger charge is 2.20. The van der Waals surface area contributed by atoms with Crippen molar-refractivity contribution in [1.29, 1.82) is 0 Å². The van der Waals surface area contributed by atoms with E-state index in [2.05, 4.69) is 6.92 Å². The Bertz CT molecular complexity index is 1250. The molecule has 4 aromatic rings. The Labute approximate surface area is 194 Å². The van der Waals surface area contributed by atoms with E-state index in [9.17, 15) is 4.79 Å². The van der Waals surface area contributed by atoms with Crippen LogP contribution in [0.5, 0.6) is 17.2 Å². The molecule has 33 heavy (non-hydrogen) atoms. The van der Waals surface area contributed by atoms with E-state index in [0.29, 0.717) is 31.3 Å². The number of hydrogen-bond donors (Lipinski definition) is 0. The third kappa shape index (κ3) is 5.20. The summed E-state index contributed by atoms with van der Waals surface area (Å²) in [4.78, 5) is 13.5. The molecule has 0 radical (unpaired) electrons. The minimum absolute atomic E-state index is 0.191. The minimum Gasteiger partial charge on any atom is -0.492 e. The SMILES string of the molecule is CCCCn1c(=O)c(OCc2ccccc2)c(OC)c2ccc(OCc3ccccc3)cc21. The largest absolute Gasteiger partial charge is 0.492 e. The first-order valence-corrected chi connectivity index (χ1v) is 11.3. The zero-order valence-electron chi connectivity index (χ0n) is 19.1. The molecule has 4 rings (SSSR count). The molecule has 0 aliphatic heterocycles. The third-order valence-corrected chi connectivity index (χ3v) is 5.56. The van der Waals surface area contributed by atoms with Crippen molar-refractivity contribution in [3.8, 4) is 17.2 Å². The number of fused-ring (bicyclic) bond motifs is 1. The maximum Gasteiger partial charge on any atom is 0.297 e. The van der Waals surface area contributed by atoms with Crippen LogP contribution in [0.25, 0.3) is 10.9 Å². The van der Waals surface area contributed by atoms with Crippen LogP contribution in [0.15, 0.2) is 83.7 Å². The molecule has 0 aliphatic carbocycles. The third-order valence-electron chi connectivity index (χ3n) is 5.56. The van der Waals surface area contributed by atoms with Crippen molar-refractivity contribution in [2.24, 2.45) is 0 Å². The lowest BCUT2D eigenvalue weighted by Crippen LogP contribution is -2.23. The maximum absolute atomic E-state index is 13.5. The van der Waals surface area contributed by atoms with Gasteiger partial charge in [-0.05, 0) is 29.7 Å². The highest BCUT2D eigenvalue weighted by Crippen LogP contribution is 2.35. The van der Waals surface area contributed by atoms with Crippen LogP contribution in [-0.2, 0) is 19.8 Å². The molecule has 0 N–H and O–H groups in total. The number of rotatable bonds is 10. The number of ether oxygens (including phenoxy) is 3. The molecule has 0 saturated carbocycles. The lowest BCUT2D eigenvalue weighted by atomic mass is 10.1. The van der Waals surface area contributed by atoms with E-state index in [-0.39, 0.29) is 11.3 Å². The van der Waals surface area contributed by atoms with Crippen molar-refractivity contribution in [3.05, 3.63) is 100 Å². The van der Waals surface area contributed by atoms with Gasteiger partial charge in [0.2, 0.25) is 5.75 Å². The second-order valence-electron chi connectivity index (χ2n) is 7.90. The second kappa shape index (κ2) is 10.7. The number of unbranched alkanes of at least 4 members (excludes halogenated alkanes) is 1. The van der Waals surface area contributed by atoms with Crippen LogP contribution >= 0.6 is 0 Å². The monoisotopic (exact) mass is 443 g/mol. The highest BCUT2D eigenvalue weighted by atomic mass is 16.5. The number of pyridine rings is 1. The van der Waals surface area contributed by atoms with Gasteiger partial charge in [-0.2, -0.15) is 0 Å². The minimum atomic E-state index is -0.191. The van der Waals surface area contributed by atoms with Crippen LogP contribution in [0.1, 0.15) is 30.9 Å². The predicted molar refractivity (Wildman–Crippen MR) is 131 cm³/mol. The highest BCUT2D eigenvalue weighted by molar-refractivity contribution is 5.89. The average Bonchev–Trinajstić information content (AvgIpc) is 2.87. The number of nitrogens with zero attached hydrogens (tertiary/aromatic N) is 1. The van der Waals surface area contributed by atoms with Gasteiger partial charge in [0, 0.05) is 18.0 Å². The molecule has 0 amide bonds. The van der Waals surface area contributed by atoms with Crippen molar-refractivity contribution >= 4 is 10.9 Å². The number of benzene rings is 3. The molecule has 170 valence electrons. The molecular formula is C28H29NO4. The fraction of sp³-hybridized carbons (Fsp3) is 0.250. The molecule has 0 saturated heterocycles. The summed E-state index contributed by atoms with van der Waals surface area (Å²) in [5, 5.41) is 0.823. The molecule has 1 aromatic heterocycles. The van der Waals surface area contributed by atoms with Crippen molar-refractivity contribution in [2.75, 3.05) is 7.11 Å². The molecule has 5 nitrogen and oxygen atoms in total. The number of hydrogen-bond acceptors (Lipinski definition) is 4. The first-order chi connectivity index (χ1) is 16.2. The van der Waals surface area contributed by atoms with Crippen molar-refractivity contribution < 1.29 is 14.2 Å². The van der Waals surface area contributed by atoms with E-state index < -0.39 is 0 Å². The molecule has 0 aliphatic rings. The van der Waals surface area contributed by atoms with Crippen LogP contribution in [0.4, 0.5) is 0 Å². The molecule has 0 unspecified atom stereocenters. The number of aromatic nitrogens is 1. The fourth-order valence-electron chi connectivity index (χ4n) is 3.81. The summed E-state index contributed by atoms with van der Waals surface area (Å²) in [6.07, 6.45) is 1.86. The molecule has 1 heterocycles. The molecule has 0 fully saturated rings. The van der Waals surface area contributed by atoms with E-state index in [1.54, 1.807) is 11.7 Å². The van der Waals surface area contributed by atoms with E-state index >= 15 is 0 Å². The maximum atomic E-state index is 13.5. The Morgan fingerprint density at radius 2 is 1.42 bits per heavy atom. The Morgan fingerprint density at radius 3 is 2.03 bits per heavy atom. The van der Waals surface area contributed by atoms with Gasteiger partial charge in [0.25, 0.3) is 5.56 Å². The lowest BCUT2D eigenvalue weighted by molar-refractivity contribution is 0.279. The summed E-state index contributed by atoms with van der Waals surface area (Å²) in [7, 11) is 1.57. The van der Waals surface area contributed by atoms with Gasteiger partial charge in [0.05, 0.1) is 12.6 Å². The Hall–Kier alpha value is -3.73. The van der Waals surface area contributed by atoms with Crippen LogP contribution in [0, 0.1) is 0 Å². The van der Waals surface area contributed by atoms with Gasteiger partial charge in [-0.25, -0.2) is 0 Å². The topological polar surface area (TPSA) is 49.7 Å². The summed E-state index contributed by atoms with van der Waals surface area (Å²) in [5.41, 5.74) is 2.67. The zero-order valence-corrected chi connectivity index (χ0v) is 19.1. The van der Waals surface area contributed by atoms with Gasteiger partial charge in [-0.1, -0.05) is 74.0 Å². The molecule has 5 heteroatoms. The summed E-state index contributed by atoms with van der Waals surface area (Å²) >= 11 is 0. The summed E-state index contributed by atoms with van der Waals surface area (Å²) in [6.45, 7) is 3.46. The lowest BCUT2D eigenvalue weighted by Gasteiger charge is -2.18. The van der Waals surface area contributed by atoms with Gasteiger partial charge in [0.1, 0.15) is 19.0 Å². The van der Waals surface area contributed by atoms with Crippen LogP contribution < -0.4 is 19.8 Å². The molecule has 0 spiro atoms. The Kier molecular flexibility index (Phi) is 7.30. The van der Waals surface area contributed by atoms with Gasteiger partial charge < -0.3 is 18.8 Å². The quantitative estimate of drug-likeness (QED) is 0.303. The van der Waals surface area contributed by atoms with Crippen molar-refractivity contribution in [2.45, 2.75) is 39.5 Å². The van der Waals surface area contributed by atoms with E-state index in [4.69, 9.17) is 14.2 Å². The molecular weight excluding hydrogens is 414 g/mol. The van der Waals surface area contributed by atoms with Gasteiger partial charge in [-0.3, -0.25) is 4.79 Å². The summed E-state index contributed by atoms with van der Waals surface area (Å²) < 4.78 is 19.5. The fourth-order valence-corrected chi connectivity index (χ4v) is 3.81. The average molecular weight is 444 g/mol. The van der Waals surface area contributed by atoms with Gasteiger partial charge in [0.15, 0.2) is 5.75 Å². The first-order valence-electron chi connectivity index (χ1n) is 11.3. The standard InChI is InChI=1S/C28H29NO4/c1-3-4-17-29-25-18-23(32-19-21-11-7-5-8-12-21)15-16-24(25)26(31-2)27(28(29)30)33-20-22-13-9-6-10-14-22/h5-16,18H,3-4,17,19-20H2,1-2H3. The van der Waals surface area contributed by atoms with E-state index in [1.165, 1.54) is 0 Å². The van der Waals surface area contributed by atoms with Crippen LogP contribution in [0.3, 0.4) is 0 Å². The van der Waals surface area contributed by atoms with Gasteiger partial charge in [-0.15, -0.1) is 0 Å². The predicted octanol–water partition coefficient (Wildman–Crippen LogP) is 5.97. The van der Waals surface area contributed by atoms with E-state index in [0.717, 1.165) is 34.9 Å². The first kappa shape index (κ1) is 22.5. The Morgan fingerprint density at radius 1 is 0.788 bits per heavy atom. The van der Waals surface area contributed by atoms with Crippen LogP contribution in [0.2, 0.25) is 0 Å². The Balaban J connectivity index is 1.72. The summed E-state index contributed by atoms with van der Waals surface area (Å²) in [6, 6.07) is 25.6. The van der Waals surface area contributed by atoms with Gasteiger partial charge >= 0.3 is 0 Å². The second-order valence-corrected chi connectivity index (χ2v) is 7.90. The molecule has 3 aromatic carbocycles. The van der Waals surface area contributed by atoms with E-state index in [1.807, 2.05) is 78.9 Å². The smallest absolute Gasteiger partial charge is 0.297 e. The molecule has 0 atom stereocenters. The van der Waals surface area contributed by atoms with Crippen molar-refractivity contribution in [1.82, 2.24) is 4.57 Å². The molecule has 0 bridgehead atoms. The van der Waals surface area contributed by atoms with Crippen molar-refractivity contribution in [3.63, 3.8) is 0 Å². The zero-order chi connectivity index (χ0) is 23.0. The summed E-state index contributed by atoms with van der Waals surface area (Å²) in [5.74, 6) is 1.40. The number of aryl methyl sites for hydroxylation is 1. The normalized spacial score (nSPS) is 10.8. The number of methoxy groups -OCH3 is 1. The van der Waals surface area contributed by atoms with Crippen LogP contribution in [-0.4, -0.2) is 11.7 Å².